The lowest BCUT2D eigenvalue weighted by Crippen LogP contribution is -2.30. The Bertz CT molecular complexity index is 704. The van der Waals surface area contributed by atoms with Gasteiger partial charge in [-0.2, -0.15) is 9.97 Å². The number of rotatable bonds is 3. The molecule has 2 aromatic rings. The maximum atomic E-state index is 14.0. The summed E-state index contributed by atoms with van der Waals surface area (Å²) in [5, 5.41) is 7.09. The van der Waals surface area contributed by atoms with Crippen LogP contribution in [-0.2, 0) is 0 Å². The van der Waals surface area contributed by atoms with Crippen molar-refractivity contribution >= 4 is 22.8 Å². The zero-order valence-electron chi connectivity index (χ0n) is 13.3. The van der Waals surface area contributed by atoms with Gasteiger partial charge in [0.05, 0.1) is 11.4 Å². The molecule has 0 aliphatic carbocycles. The molecule has 0 aromatic carbocycles. The largest absolute Gasteiger partial charge is 0.372 e. The van der Waals surface area contributed by atoms with Gasteiger partial charge in [-0.1, -0.05) is 0 Å². The van der Waals surface area contributed by atoms with Crippen LogP contribution in [0, 0.1) is 13.8 Å². The highest BCUT2D eigenvalue weighted by molar-refractivity contribution is 5.90. The zero-order valence-corrected chi connectivity index (χ0v) is 13.3. The molecule has 0 amide bonds. The van der Waals surface area contributed by atoms with Gasteiger partial charge >= 0.3 is 0 Å². The van der Waals surface area contributed by atoms with Gasteiger partial charge in [-0.05, 0) is 32.5 Å². The third kappa shape index (κ3) is 2.68. The fourth-order valence-electron chi connectivity index (χ4n) is 2.97. The van der Waals surface area contributed by atoms with Crippen molar-refractivity contribution in [3.8, 4) is 0 Å². The van der Waals surface area contributed by atoms with Crippen molar-refractivity contribution in [1.82, 2.24) is 19.9 Å². The van der Waals surface area contributed by atoms with E-state index in [4.69, 9.17) is 0 Å². The lowest BCUT2D eigenvalue weighted by molar-refractivity contribution is 0.314. The first-order valence-corrected chi connectivity index (χ1v) is 7.41. The number of aromatic nitrogens is 3. The second-order valence-corrected chi connectivity index (χ2v) is 5.91. The predicted octanol–water partition coefficient (Wildman–Crippen LogP) is 1.75. The highest BCUT2D eigenvalue weighted by Gasteiger charge is 2.31. The summed E-state index contributed by atoms with van der Waals surface area (Å²) in [5.74, 6) is 1.12. The molecule has 2 N–H and O–H groups in total. The molecule has 1 fully saturated rings. The van der Waals surface area contributed by atoms with E-state index in [1.165, 1.54) is 0 Å². The van der Waals surface area contributed by atoms with E-state index in [1.54, 1.807) is 0 Å². The van der Waals surface area contributed by atoms with Gasteiger partial charge in [0.1, 0.15) is 12.0 Å². The number of halogens is 1. The number of nitrogens with one attached hydrogen (secondary N) is 2. The Kier molecular flexibility index (Phi) is 3.82. The fraction of sp³-hybridized carbons (Fsp3) is 0.533. The van der Waals surface area contributed by atoms with Crippen LogP contribution in [0.2, 0.25) is 0 Å². The average molecular weight is 304 g/mol. The summed E-state index contributed by atoms with van der Waals surface area (Å²) in [5.41, 5.74) is 2.60. The molecule has 2 aromatic heterocycles. The van der Waals surface area contributed by atoms with Gasteiger partial charge < -0.3 is 15.5 Å². The molecular weight excluding hydrogens is 283 g/mol. The molecule has 3 heterocycles. The number of anilines is 2. The van der Waals surface area contributed by atoms with Gasteiger partial charge in [0.25, 0.3) is 0 Å². The number of likely N-dealkylation sites (N-methyl/N-ethyl adjacent to an activating group) is 1. The van der Waals surface area contributed by atoms with Crippen LogP contribution in [0.25, 0.3) is 11.0 Å². The van der Waals surface area contributed by atoms with Crippen LogP contribution in [0.1, 0.15) is 11.3 Å². The van der Waals surface area contributed by atoms with E-state index in [2.05, 4.69) is 25.6 Å². The lowest BCUT2D eigenvalue weighted by atomic mass is 10.1. The van der Waals surface area contributed by atoms with Crippen LogP contribution in [0.4, 0.5) is 16.2 Å². The number of alkyl halides is 1. The van der Waals surface area contributed by atoms with Gasteiger partial charge in [-0.3, -0.25) is 0 Å². The lowest BCUT2D eigenvalue weighted by Gasteiger charge is -2.16. The van der Waals surface area contributed by atoms with E-state index in [-0.39, 0.29) is 6.04 Å². The van der Waals surface area contributed by atoms with Crippen LogP contribution in [0.15, 0.2) is 6.07 Å². The summed E-state index contributed by atoms with van der Waals surface area (Å²) in [6.07, 6.45) is -0.922. The first-order chi connectivity index (χ1) is 10.5. The van der Waals surface area contributed by atoms with Crippen LogP contribution < -0.4 is 10.6 Å². The van der Waals surface area contributed by atoms with E-state index in [9.17, 15) is 4.39 Å². The molecule has 0 radical (unpaired) electrons. The monoisotopic (exact) mass is 304 g/mol. The Morgan fingerprint density at radius 3 is 2.64 bits per heavy atom. The van der Waals surface area contributed by atoms with Crippen molar-refractivity contribution in [3.63, 3.8) is 0 Å². The van der Waals surface area contributed by atoms with Gasteiger partial charge in [-0.15, -0.1) is 0 Å². The highest BCUT2D eigenvalue weighted by atomic mass is 19.1. The minimum absolute atomic E-state index is 0.293. The predicted molar refractivity (Wildman–Crippen MR) is 86.2 cm³/mol. The zero-order chi connectivity index (χ0) is 15.9. The van der Waals surface area contributed by atoms with Crippen molar-refractivity contribution in [2.45, 2.75) is 26.1 Å². The Balaban J connectivity index is 2.00. The molecule has 6 nitrogen and oxygen atoms in total. The summed E-state index contributed by atoms with van der Waals surface area (Å²) < 4.78 is 14.0. The van der Waals surface area contributed by atoms with E-state index in [1.807, 2.05) is 38.9 Å². The number of aryl methyl sites for hydroxylation is 2. The maximum absolute atomic E-state index is 14.0. The van der Waals surface area contributed by atoms with E-state index >= 15 is 0 Å². The second-order valence-electron chi connectivity index (χ2n) is 5.91. The molecule has 1 aliphatic heterocycles. The van der Waals surface area contributed by atoms with Gasteiger partial charge in [0.2, 0.25) is 5.95 Å². The second kappa shape index (κ2) is 5.64. The Labute approximate surface area is 129 Å². The van der Waals surface area contributed by atoms with Gasteiger partial charge in [-0.25, -0.2) is 9.37 Å². The van der Waals surface area contributed by atoms with Gasteiger partial charge in [0.15, 0.2) is 5.65 Å². The first kappa shape index (κ1) is 14.9. The highest BCUT2D eigenvalue weighted by Crippen LogP contribution is 2.25. The van der Waals surface area contributed by atoms with Gasteiger partial charge in [0, 0.05) is 25.8 Å². The summed E-state index contributed by atoms with van der Waals surface area (Å²) >= 11 is 0. The third-order valence-corrected chi connectivity index (χ3v) is 3.97. The number of hydrogen-bond acceptors (Lipinski definition) is 6. The van der Waals surface area contributed by atoms with Crippen molar-refractivity contribution in [2.24, 2.45) is 0 Å². The smallest absolute Gasteiger partial charge is 0.227 e. The van der Waals surface area contributed by atoms with E-state index in [0.717, 1.165) is 16.6 Å². The number of hydrogen-bond donors (Lipinski definition) is 2. The molecule has 1 saturated heterocycles. The standard InChI is InChI=1S/C15H21FN6/c1-8-5-9(2)18-14-12(8)13(17-3)20-15(21-14)19-11-7-22(4)6-10(11)16/h5,10-11H,6-7H2,1-4H3,(H2,17,18,19,20,21)/t10-,11-/m0/s1. The van der Waals surface area contributed by atoms with Crippen molar-refractivity contribution < 1.29 is 4.39 Å². The molecular formula is C15H21FN6. The first-order valence-electron chi connectivity index (χ1n) is 7.41. The molecule has 0 spiro atoms. The molecule has 22 heavy (non-hydrogen) atoms. The Morgan fingerprint density at radius 1 is 1.23 bits per heavy atom. The molecule has 0 bridgehead atoms. The minimum Gasteiger partial charge on any atom is -0.372 e. The number of nitrogens with zero attached hydrogens (tertiary/aromatic N) is 4. The van der Waals surface area contributed by atoms with Crippen molar-refractivity contribution in [3.05, 3.63) is 17.3 Å². The Hall–Kier alpha value is -2.02. The number of pyridine rings is 1. The minimum atomic E-state index is -0.922. The molecule has 0 saturated carbocycles. The normalized spacial score (nSPS) is 22.2. The molecule has 118 valence electrons. The average Bonchev–Trinajstić information content (AvgIpc) is 2.75. The number of likely N-dealkylation sites (tertiary alicyclic amines) is 1. The Morgan fingerprint density at radius 2 is 2.00 bits per heavy atom. The molecule has 0 unspecified atom stereocenters. The topological polar surface area (TPSA) is 66.0 Å². The van der Waals surface area contributed by atoms with Crippen LogP contribution in [0.5, 0.6) is 0 Å². The number of fused-ring (bicyclic) bond motifs is 1. The van der Waals surface area contributed by atoms with E-state index in [0.29, 0.717) is 30.5 Å². The quantitative estimate of drug-likeness (QED) is 0.900. The maximum Gasteiger partial charge on any atom is 0.227 e. The summed E-state index contributed by atoms with van der Waals surface area (Å²) in [6.45, 7) is 5.01. The third-order valence-electron chi connectivity index (χ3n) is 3.97. The molecule has 7 heteroatoms. The van der Waals surface area contributed by atoms with Crippen LogP contribution in [0.3, 0.4) is 0 Å². The summed E-state index contributed by atoms with van der Waals surface area (Å²) in [4.78, 5) is 15.4. The fourth-order valence-corrected chi connectivity index (χ4v) is 2.97. The summed E-state index contributed by atoms with van der Waals surface area (Å²) in [6, 6.07) is 1.71. The van der Waals surface area contributed by atoms with Crippen molar-refractivity contribution in [2.75, 3.05) is 37.8 Å². The molecule has 1 aliphatic rings. The van der Waals surface area contributed by atoms with Crippen LogP contribution >= 0.6 is 0 Å². The van der Waals surface area contributed by atoms with Crippen molar-refractivity contribution in [1.29, 1.82) is 0 Å². The SMILES string of the molecule is CNc1nc(N[C@H]2CN(C)C[C@@H]2F)nc2nc(C)cc(C)c12. The molecule has 2 atom stereocenters. The van der Waals surface area contributed by atoms with Crippen LogP contribution in [-0.4, -0.2) is 59.3 Å². The van der Waals surface area contributed by atoms with E-state index < -0.39 is 6.17 Å². The molecule has 3 rings (SSSR count). The summed E-state index contributed by atoms with van der Waals surface area (Å²) in [7, 11) is 3.72.